The summed E-state index contributed by atoms with van der Waals surface area (Å²) in [4.78, 5) is 12.0. The molecule has 2 aromatic rings. The molecule has 1 heterocycles. The average Bonchev–Trinajstić information content (AvgIpc) is 2.70. The van der Waals surface area contributed by atoms with Crippen LogP contribution >= 0.6 is 0 Å². The van der Waals surface area contributed by atoms with Crippen LogP contribution < -0.4 is 10.6 Å². The molecule has 0 spiro atoms. The van der Waals surface area contributed by atoms with Crippen LogP contribution in [0.4, 0.5) is 15.8 Å². The Balaban J connectivity index is 1.97. The first-order chi connectivity index (χ1) is 9.54. The van der Waals surface area contributed by atoms with Crippen molar-refractivity contribution in [2.24, 2.45) is 0 Å². The Morgan fingerprint density at radius 3 is 2.75 bits per heavy atom. The lowest BCUT2D eigenvalue weighted by Gasteiger charge is -2.15. The number of halogens is 1. The summed E-state index contributed by atoms with van der Waals surface area (Å²) in [5.41, 5.74) is 4.36. The summed E-state index contributed by atoms with van der Waals surface area (Å²) in [6, 6.07) is 9.78. The standard InChI is InChI=1S/C16H15FN2O/c1-9-3-4-10(2)14(7-9)18-15-12-8-11(17)5-6-13(12)19-16(15)20/h3-8,15,18H,1-2H3,(H,19,20). The largest absolute Gasteiger partial charge is 0.370 e. The number of hydrogen-bond acceptors (Lipinski definition) is 2. The van der Waals surface area contributed by atoms with E-state index in [1.54, 1.807) is 6.07 Å². The van der Waals surface area contributed by atoms with Crippen molar-refractivity contribution in [1.29, 1.82) is 0 Å². The predicted molar refractivity (Wildman–Crippen MR) is 77.3 cm³/mol. The molecular formula is C16H15FN2O. The molecule has 3 rings (SSSR count). The Morgan fingerprint density at radius 1 is 1.15 bits per heavy atom. The molecule has 1 aliphatic rings. The third-order valence-corrected chi connectivity index (χ3v) is 3.54. The van der Waals surface area contributed by atoms with Gasteiger partial charge < -0.3 is 10.6 Å². The Morgan fingerprint density at radius 2 is 1.95 bits per heavy atom. The van der Waals surface area contributed by atoms with E-state index >= 15 is 0 Å². The smallest absolute Gasteiger partial charge is 0.251 e. The van der Waals surface area contributed by atoms with Crippen molar-refractivity contribution in [3.05, 3.63) is 58.9 Å². The van der Waals surface area contributed by atoms with E-state index in [4.69, 9.17) is 0 Å². The zero-order valence-corrected chi connectivity index (χ0v) is 11.3. The number of benzene rings is 2. The normalized spacial score (nSPS) is 16.8. The first-order valence-corrected chi connectivity index (χ1v) is 6.49. The van der Waals surface area contributed by atoms with Crippen molar-refractivity contribution in [2.75, 3.05) is 10.6 Å². The van der Waals surface area contributed by atoms with Gasteiger partial charge in [0.15, 0.2) is 0 Å². The van der Waals surface area contributed by atoms with Crippen molar-refractivity contribution in [3.8, 4) is 0 Å². The van der Waals surface area contributed by atoms with Gasteiger partial charge >= 0.3 is 0 Å². The van der Waals surface area contributed by atoms with E-state index in [0.29, 0.717) is 11.3 Å². The molecule has 0 aromatic heterocycles. The molecule has 2 N–H and O–H groups in total. The minimum absolute atomic E-state index is 0.161. The number of amides is 1. The van der Waals surface area contributed by atoms with Crippen LogP contribution in [-0.2, 0) is 4.79 Å². The highest BCUT2D eigenvalue weighted by Crippen LogP contribution is 2.34. The van der Waals surface area contributed by atoms with E-state index in [9.17, 15) is 9.18 Å². The maximum absolute atomic E-state index is 13.4. The van der Waals surface area contributed by atoms with Crippen molar-refractivity contribution in [1.82, 2.24) is 0 Å². The van der Waals surface area contributed by atoms with Gasteiger partial charge in [-0.1, -0.05) is 12.1 Å². The molecule has 0 saturated carbocycles. The number of carbonyl (C=O) groups is 1. The maximum atomic E-state index is 13.4. The molecule has 1 atom stereocenters. The number of hydrogen-bond donors (Lipinski definition) is 2. The first kappa shape index (κ1) is 12.7. The summed E-state index contributed by atoms with van der Waals surface area (Å²) >= 11 is 0. The average molecular weight is 270 g/mol. The lowest BCUT2D eigenvalue weighted by Crippen LogP contribution is -2.20. The second kappa shape index (κ2) is 4.63. The summed E-state index contributed by atoms with van der Waals surface area (Å²) < 4.78 is 13.4. The lowest BCUT2D eigenvalue weighted by molar-refractivity contribution is -0.116. The minimum Gasteiger partial charge on any atom is -0.370 e. The molecule has 0 bridgehead atoms. The molecule has 0 radical (unpaired) electrons. The molecule has 20 heavy (non-hydrogen) atoms. The maximum Gasteiger partial charge on any atom is 0.251 e. The van der Waals surface area contributed by atoms with Gasteiger partial charge in [-0.05, 0) is 49.2 Å². The molecule has 4 heteroatoms. The molecule has 2 aromatic carbocycles. The van der Waals surface area contributed by atoms with Crippen LogP contribution in [0.2, 0.25) is 0 Å². The molecule has 0 fully saturated rings. The van der Waals surface area contributed by atoms with Gasteiger partial charge in [0.05, 0.1) is 0 Å². The van der Waals surface area contributed by atoms with Crippen molar-refractivity contribution < 1.29 is 9.18 Å². The number of anilines is 2. The van der Waals surface area contributed by atoms with E-state index in [1.165, 1.54) is 12.1 Å². The van der Waals surface area contributed by atoms with Crippen LogP contribution in [0.15, 0.2) is 36.4 Å². The second-order valence-electron chi connectivity index (χ2n) is 5.12. The molecule has 0 aliphatic carbocycles. The van der Waals surface area contributed by atoms with Crippen LogP contribution in [0.3, 0.4) is 0 Å². The van der Waals surface area contributed by atoms with Gasteiger partial charge in [0.25, 0.3) is 5.91 Å². The quantitative estimate of drug-likeness (QED) is 0.876. The van der Waals surface area contributed by atoms with Crippen LogP contribution in [-0.4, -0.2) is 5.91 Å². The van der Waals surface area contributed by atoms with Gasteiger partial charge in [-0.15, -0.1) is 0 Å². The van der Waals surface area contributed by atoms with Gasteiger partial charge in [-0.25, -0.2) is 4.39 Å². The second-order valence-corrected chi connectivity index (χ2v) is 5.12. The fourth-order valence-corrected chi connectivity index (χ4v) is 2.42. The molecule has 1 unspecified atom stereocenters. The molecule has 1 aliphatic heterocycles. The van der Waals surface area contributed by atoms with E-state index in [2.05, 4.69) is 10.6 Å². The lowest BCUT2D eigenvalue weighted by atomic mass is 10.1. The third-order valence-electron chi connectivity index (χ3n) is 3.54. The highest BCUT2D eigenvalue weighted by Gasteiger charge is 2.31. The Kier molecular flexibility index (Phi) is 2.93. The molecule has 102 valence electrons. The number of fused-ring (bicyclic) bond motifs is 1. The van der Waals surface area contributed by atoms with Crippen molar-refractivity contribution >= 4 is 17.3 Å². The van der Waals surface area contributed by atoms with E-state index in [0.717, 1.165) is 16.8 Å². The zero-order chi connectivity index (χ0) is 14.3. The summed E-state index contributed by atoms with van der Waals surface area (Å²) in [5.74, 6) is -0.500. The Labute approximate surface area is 116 Å². The Hall–Kier alpha value is -2.36. The van der Waals surface area contributed by atoms with Crippen molar-refractivity contribution in [2.45, 2.75) is 19.9 Å². The number of rotatable bonds is 2. The van der Waals surface area contributed by atoms with E-state index < -0.39 is 6.04 Å². The summed E-state index contributed by atoms with van der Waals surface area (Å²) in [7, 11) is 0. The fraction of sp³-hybridized carbons (Fsp3) is 0.188. The van der Waals surface area contributed by atoms with Gasteiger partial charge in [0, 0.05) is 16.9 Å². The summed E-state index contributed by atoms with van der Waals surface area (Å²) in [5, 5.41) is 5.97. The predicted octanol–water partition coefficient (Wildman–Crippen LogP) is 3.55. The number of carbonyl (C=O) groups excluding carboxylic acids is 1. The molecule has 0 saturated heterocycles. The van der Waals surface area contributed by atoms with Crippen LogP contribution in [0, 0.1) is 19.7 Å². The van der Waals surface area contributed by atoms with Gasteiger partial charge in [-0.2, -0.15) is 0 Å². The molecule has 3 nitrogen and oxygen atoms in total. The van der Waals surface area contributed by atoms with Crippen molar-refractivity contribution in [3.63, 3.8) is 0 Å². The SMILES string of the molecule is Cc1ccc(C)c(NC2C(=O)Nc3ccc(F)cc32)c1. The summed E-state index contributed by atoms with van der Waals surface area (Å²) in [6.45, 7) is 3.97. The summed E-state index contributed by atoms with van der Waals surface area (Å²) in [6.07, 6.45) is 0. The van der Waals surface area contributed by atoms with E-state index in [-0.39, 0.29) is 11.7 Å². The van der Waals surface area contributed by atoms with Crippen LogP contribution in [0.5, 0.6) is 0 Å². The molecular weight excluding hydrogens is 255 g/mol. The first-order valence-electron chi connectivity index (χ1n) is 6.49. The van der Waals surface area contributed by atoms with E-state index in [1.807, 2.05) is 32.0 Å². The Bertz CT molecular complexity index is 697. The third kappa shape index (κ3) is 2.13. The number of aryl methyl sites for hydroxylation is 2. The monoisotopic (exact) mass is 270 g/mol. The van der Waals surface area contributed by atoms with Crippen LogP contribution in [0.25, 0.3) is 0 Å². The highest BCUT2D eigenvalue weighted by atomic mass is 19.1. The van der Waals surface area contributed by atoms with Crippen LogP contribution in [0.1, 0.15) is 22.7 Å². The molecule has 1 amide bonds. The highest BCUT2D eigenvalue weighted by molar-refractivity contribution is 6.04. The minimum atomic E-state index is -0.554. The zero-order valence-electron chi connectivity index (χ0n) is 11.3. The topological polar surface area (TPSA) is 41.1 Å². The van der Waals surface area contributed by atoms with Gasteiger partial charge in [-0.3, -0.25) is 4.79 Å². The fourth-order valence-electron chi connectivity index (χ4n) is 2.42. The van der Waals surface area contributed by atoms with Gasteiger partial charge in [0.1, 0.15) is 11.9 Å². The number of nitrogens with one attached hydrogen (secondary N) is 2. The van der Waals surface area contributed by atoms with Gasteiger partial charge in [0.2, 0.25) is 0 Å².